The van der Waals surface area contributed by atoms with E-state index < -0.39 is 23.5 Å². The molecule has 0 aliphatic carbocycles. The van der Waals surface area contributed by atoms with Gasteiger partial charge in [-0.15, -0.1) is 0 Å². The number of thiazole rings is 1. The molecule has 2 unspecified atom stereocenters. The molecule has 1 saturated heterocycles. The van der Waals surface area contributed by atoms with Gasteiger partial charge < -0.3 is 14.6 Å². The summed E-state index contributed by atoms with van der Waals surface area (Å²) in [6, 6.07) is 24.6. The molecule has 0 bridgehead atoms. The average Bonchev–Trinajstić information content (AvgIpc) is 3.65. The van der Waals surface area contributed by atoms with E-state index in [1.165, 1.54) is 23.1 Å². The summed E-state index contributed by atoms with van der Waals surface area (Å²) in [5.74, 6) is -0.591. The maximum Gasteiger partial charge on any atom is 0.301 e. The topological polar surface area (TPSA) is 89.0 Å². The lowest BCUT2D eigenvalue weighted by Crippen LogP contribution is -2.29. The molecule has 5 aromatic rings. The standard InChI is InChI=1S/C33H23FN2O5S/c1-18-14-21-15-20(10-13-26(21)40-18)30(37)28-29(19-6-5-9-24(16-19)41-23-7-3-2-4-8-23)36(32(39)31(28)38)33-35-25-12-11-22(34)17-27(25)42-33/h2-13,15-18,29,37H,14H2,1H3. The van der Waals surface area contributed by atoms with E-state index in [1.807, 2.05) is 37.3 Å². The second-order valence-electron chi connectivity index (χ2n) is 10.2. The van der Waals surface area contributed by atoms with Crippen molar-refractivity contribution < 1.29 is 28.6 Å². The predicted molar refractivity (Wildman–Crippen MR) is 158 cm³/mol. The van der Waals surface area contributed by atoms with Gasteiger partial charge in [-0.25, -0.2) is 9.37 Å². The van der Waals surface area contributed by atoms with Crippen LogP contribution in [0.15, 0.2) is 96.6 Å². The number of ketones is 1. The molecule has 1 aromatic heterocycles. The predicted octanol–water partition coefficient (Wildman–Crippen LogP) is 7.18. The van der Waals surface area contributed by atoms with Crippen LogP contribution in [0, 0.1) is 5.82 Å². The molecule has 0 saturated carbocycles. The molecule has 1 fully saturated rings. The smallest absolute Gasteiger partial charge is 0.301 e. The van der Waals surface area contributed by atoms with E-state index in [9.17, 15) is 19.1 Å². The Labute approximate surface area is 244 Å². The number of ether oxygens (including phenoxy) is 2. The molecule has 0 spiro atoms. The molecule has 2 aliphatic heterocycles. The number of fused-ring (bicyclic) bond motifs is 2. The first-order valence-corrected chi connectivity index (χ1v) is 14.2. The molecule has 1 amide bonds. The van der Waals surface area contributed by atoms with E-state index in [2.05, 4.69) is 4.98 Å². The Hall–Kier alpha value is -5.02. The molecule has 9 heteroatoms. The molecule has 42 heavy (non-hydrogen) atoms. The summed E-state index contributed by atoms with van der Waals surface area (Å²) in [5, 5.41) is 11.8. The van der Waals surface area contributed by atoms with Crippen LogP contribution in [0.1, 0.15) is 29.7 Å². The highest BCUT2D eigenvalue weighted by atomic mass is 32.1. The van der Waals surface area contributed by atoms with Gasteiger partial charge in [0.05, 0.1) is 21.8 Å². The lowest BCUT2D eigenvalue weighted by atomic mass is 9.94. The number of anilines is 1. The summed E-state index contributed by atoms with van der Waals surface area (Å²) >= 11 is 1.10. The molecular formula is C33H23FN2O5S. The van der Waals surface area contributed by atoms with Crippen molar-refractivity contribution in [3.63, 3.8) is 0 Å². The van der Waals surface area contributed by atoms with Crippen LogP contribution in [-0.2, 0) is 16.0 Å². The lowest BCUT2D eigenvalue weighted by Gasteiger charge is -2.23. The number of hydrogen-bond donors (Lipinski definition) is 1. The largest absolute Gasteiger partial charge is 0.507 e. The van der Waals surface area contributed by atoms with E-state index in [-0.39, 0.29) is 22.6 Å². The number of rotatable bonds is 5. The van der Waals surface area contributed by atoms with Gasteiger partial charge in [0.2, 0.25) is 0 Å². The molecule has 7 rings (SSSR count). The van der Waals surface area contributed by atoms with E-state index in [0.717, 1.165) is 22.6 Å². The number of carbonyl (C=O) groups excluding carboxylic acids is 2. The zero-order chi connectivity index (χ0) is 29.0. The van der Waals surface area contributed by atoms with Gasteiger partial charge in [-0.1, -0.05) is 41.7 Å². The number of nitrogens with zero attached hydrogens (tertiary/aromatic N) is 2. The normalized spacial score (nSPS) is 19.2. The Morgan fingerprint density at radius 1 is 1.00 bits per heavy atom. The first-order chi connectivity index (χ1) is 20.4. The van der Waals surface area contributed by atoms with Gasteiger partial charge in [0.1, 0.15) is 34.9 Å². The maximum absolute atomic E-state index is 14.0. The van der Waals surface area contributed by atoms with Crippen LogP contribution < -0.4 is 14.4 Å². The van der Waals surface area contributed by atoms with Crippen molar-refractivity contribution in [1.29, 1.82) is 0 Å². The zero-order valence-electron chi connectivity index (χ0n) is 22.3. The lowest BCUT2D eigenvalue weighted by molar-refractivity contribution is -0.132. The Kier molecular flexibility index (Phi) is 6.24. The van der Waals surface area contributed by atoms with Gasteiger partial charge in [0.25, 0.3) is 5.78 Å². The van der Waals surface area contributed by atoms with Crippen molar-refractivity contribution in [3.05, 3.63) is 119 Å². The van der Waals surface area contributed by atoms with E-state index >= 15 is 0 Å². The maximum atomic E-state index is 14.0. The van der Waals surface area contributed by atoms with Crippen molar-refractivity contribution in [2.75, 3.05) is 4.90 Å². The summed E-state index contributed by atoms with van der Waals surface area (Å²) in [7, 11) is 0. The number of aliphatic hydroxyl groups excluding tert-OH is 1. The first-order valence-electron chi connectivity index (χ1n) is 13.4. The second kappa shape index (κ2) is 10.1. The Morgan fingerprint density at radius 2 is 1.81 bits per heavy atom. The summed E-state index contributed by atoms with van der Waals surface area (Å²) in [5.41, 5.74) is 2.26. The number of Topliss-reactive ketones (excluding diaryl/α,β-unsaturated/α-hetero) is 1. The van der Waals surface area contributed by atoms with Gasteiger partial charge in [-0.3, -0.25) is 14.5 Å². The Morgan fingerprint density at radius 3 is 2.64 bits per heavy atom. The highest BCUT2D eigenvalue weighted by Gasteiger charge is 2.48. The van der Waals surface area contributed by atoms with Crippen LogP contribution in [0.5, 0.6) is 17.2 Å². The molecule has 2 atom stereocenters. The van der Waals surface area contributed by atoms with Crippen LogP contribution in [0.3, 0.4) is 0 Å². The third-order valence-corrected chi connectivity index (χ3v) is 8.33. The fourth-order valence-corrected chi connectivity index (χ4v) is 6.45. The molecule has 1 N–H and O–H groups in total. The minimum absolute atomic E-state index is 0.000738. The number of halogens is 1. The van der Waals surface area contributed by atoms with Crippen LogP contribution in [0.2, 0.25) is 0 Å². The molecule has 208 valence electrons. The third kappa shape index (κ3) is 4.48. The number of benzene rings is 4. The monoisotopic (exact) mass is 578 g/mol. The van der Waals surface area contributed by atoms with Crippen molar-refractivity contribution >= 4 is 44.1 Å². The highest BCUT2D eigenvalue weighted by Crippen LogP contribution is 2.45. The van der Waals surface area contributed by atoms with Gasteiger partial charge in [-0.2, -0.15) is 0 Å². The molecule has 3 heterocycles. The number of aliphatic hydroxyl groups is 1. The molecular weight excluding hydrogens is 555 g/mol. The van der Waals surface area contributed by atoms with E-state index in [4.69, 9.17) is 9.47 Å². The van der Waals surface area contributed by atoms with Gasteiger partial charge in [-0.05, 0) is 78.7 Å². The summed E-state index contributed by atoms with van der Waals surface area (Å²) in [6.45, 7) is 1.96. The molecule has 0 radical (unpaired) electrons. The van der Waals surface area contributed by atoms with Crippen LogP contribution in [-0.4, -0.2) is 27.9 Å². The quantitative estimate of drug-likeness (QED) is 0.135. The summed E-state index contributed by atoms with van der Waals surface area (Å²) < 4.78 is 26.3. The minimum atomic E-state index is -1.02. The number of hydrogen-bond acceptors (Lipinski definition) is 7. The Bertz CT molecular complexity index is 1920. The van der Waals surface area contributed by atoms with Crippen molar-refractivity contribution in [2.45, 2.75) is 25.5 Å². The molecule has 4 aromatic carbocycles. The van der Waals surface area contributed by atoms with Crippen molar-refractivity contribution in [3.8, 4) is 17.2 Å². The second-order valence-corrected chi connectivity index (χ2v) is 11.2. The summed E-state index contributed by atoms with van der Waals surface area (Å²) in [4.78, 5) is 33.2. The SMILES string of the molecule is CC1Cc2cc(C(O)=C3C(=O)C(=O)N(c4nc5ccc(F)cc5s4)C3c3cccc(Oc4ccccc4)c3)ccc2O1. The van der Waals surface area contributed by atoms with Crippen molar-refractivity contribution in [1.82, 2.24) is 4.98 Å². The third-order valence-electron chi connectivity index (χ3n) is 7.31. The summed E-state index contributed by atoms with van der Waals surface area (Å²) in [6.07, 6.45) is 0.661. The van der Waals surface area contributed by atoms with Crippen molar-refractivity contribution in [2.24, 2.45) is 0 Å². The average molecular weight is 579 g/mol. The number of amides is 1. The number of aromatic nitrogens is 1. The van der Waals surface area contributed by atoms with Crippen LogP contribution >= 0.6 is 11.3 Å². The minimum Gasteiger partial charge on any atom is -0.507 e. The van der Waals surface area contributed by atoms with E-state index in [0.29, 0.717) is 39.3 Å². The highest BCUT2D eigenvalue weighted by molar-refractivity contribution is 7.22. The van der Waals surface area contributed by atoms with Gasteiger partial charge in [0, 0.05) is 12.0 Å². The van der Waals surface area contributed by atoms with Gasteiger partial charge >= 0.3 is 5.91 Å². The van der Waals surface area contributed by atoms with Crippen LogP contribution in [0.4, 0.5) is 9.52 Å². The number of para-hydroxylation sites is 1. The zero-order valence-corrected chi connectivity index (χ0v) is 23.1. The fourth-order valence-electron chi connectivity index (χ4n) is 5.43. The first kappa shape index (κ1) is 25.9. The molecule has 7 nitrogen and oxygen atoms in total. The van der Waals surface area contributed by atoms with E-state index in [1.54, 1.807) is 42.5 Å². The molecule has 2 aliphatic rings. The Balaban J connectivity index is 1.38. The fraction of sp³-hybridized carbons (Fsp3) is 0.121. The van der Waals surface area contributed by atoms with Gasteiger partial charge in [0.15, 0.2) is 5.13 Å². The van der Waals surface area contributed by atoms with Crippen LogP contribution in [0.25, 0.3) is 16.0 Å². The number of carbonyl (C=O) groups is 2.